The number of aromatic amines is 2. The van der Waals surface area contributed by atoms with E-state index in [0.717, 1.165) is 11.3 Å². The Hall–Kier alpha value is -3.09. The number of nitrogens with one attached hydrogen (secondary N) is 2. The average Bonchev–Trinajstić information content (AvgIpc) is 2.60. The Morgan fingerprint density at radius 2 is 2.00 bits per heavy atom. The largest absolute Gasteiger partial charge is 0.461 e. The molecule has 1 aromatic carbocycles. The molecule has 4 rings (SSSR count). The molecule has 0 aliphatic carbocycles. The number of hydrogen-bond donors (Lipinski definition) is 2. The third-order valence-corrected chi connectivity index (χ3v) is 4.68. The molecular weight excluding hydrogens is 322 g/mol. The van der Waals surface area contributed by atoms with Gasteiger partial charge in [0.25, 0.3) is 11.5 Å². The summed E-state index contributed by atoms with van der Waals surface area (Å²) in [5, 5.41) is 0. The summed E-state index contributed by atoms with van der Waals surface area (Å²) >= 11 is 0. The van der Waals surface area contributed by atoms with Gasteiger partial charge in [-0.1, -0.05) is 18.2 Å². The molecular formula is C18H17N3O4. The number of hydrogen-bond acceptors (Lipinski definition) is 4. The van der Waals surface area contributed by atoms with E-state index in [1.807, 2.05) is 24.3 Å². The highest BCUT2D eigenvalue weighted by Crippen LogP contribution is 2.31. The normalized spacial score (nSPS) is 16.1. The Labute approximate surface area is 143 Å². The van der Waals surface area contributed by atoms with Crippen LogP contribution in [0, 0.1) is 0 Å². The summed E-state index contributed by atoms with van der Waals surface area (Å²) in [6.07, 6.45) is 0.924. The number of fused-ring (bicyclic) bond motifs is 2. The van der Waals surface area contributed by atoms with E-state index < -0.39 is 5.69 Å². The fourth-order valence-electron chi connectivity index (χ4n) is 3.36. The number of ether oxygens (including phenoxy) is 1. The van der Waals surface area contributed by atoms with Gasteiger partial charge in [0, 0.05) is 24.2 Å². The van der Waals surface area contributed by atoms with E-state index in [-0.39, 0.29) is 18.0 Å². The Morgan fingerprint density at radius 1 is 1.20 bits per heavy atom. The molecule has 0 atom stereocenters. The van der Waals surface area contributed by atoms with E-state index in [1.54, 1.807) is 11.8 Å². The van der Waals surface area contributed by atoms with Crippen molar-refractivity contribution in [1.82, 2.24) is 14.9 Å². The smallest absolute Gasteiger partial charge is 0.325 e. The minimum absolute atomic E-state index is 0.126. The van der Waals surface area contributed by atoms with Gasteiger partial charge in [0.2, 0.25) is 0 Å². The zero-order valence-corrected chi connectivity index (χ0v) is 13.7. The van der Waals surface area contributed by atoms with Crippen LogP contribution in [0.5, 0.6) is 5.75 Å². The SMILES string of the molecule is CC1=C(C(=O)N2CCc3c([nH]c(=O)[nH]c3=O)C2)Cc2ccccc2O1. The first-order chi connectivity index (χ1) is 12.0. The molecule has 128 valence electrons. The van der Waals surface area contributed by atoms with E-state index in [2.05, 4.69) is 9.97 Å². The van der Waals surface area contributed by atoms with Crippen LogP contribution in [0.2, 0.25) is 0 Å². The van der Waals surface area contributed by atoms with E-state index in [4.69, 9.17) is 4.74 Å². The number of benzene rings is 1. The van der Waals surface area contributed by atoms with Crippen LogP contribution in [-0.2, 0) is 24.2 Å². The summed E-state index contributed by atoms with van der Waals surface area (Å²) in [6.45, 7) is 2.43. The van der Waals surface area contributed by atoms with Gasteiger partial charge in [-0.3, -0.25) is 14.6 Å². The van der Waals surface area contributed by atoms with Crippen molar-refractivity contribution in [2.45, 2.75) is 26.3 Å². The molecule has 0 saturated heterocycles. The van der Waals surface area contributed by atoms with Gasteiger partial charge >= 0.3 is 5.69 Å². The summed E-state index contributed by atoms with van der Waals surface area (Å²) in [5.41, 5.74) is 1.69. The average molecular weight is 339 g/mol. The van der Waals surface area contributed by atoms with Gasteiger partial charge in [-0.2, -0.15) is 0 Å². The van der Waals surface area contributed by atoms with Crippen molar-refractivity contribution in [3.05, 3.63) is 73.3 Å². The standard InChI is InChI=1S/C18H17N3O4/c1-10-13(8-11-4-2-3-5-15(11)25-10)17(23)21-7-6-12-14(9-21)19-18(24)20-16(12)22/h2-5H,6-9H2,1H3,(H2,19,20,22,24). The lowest BCUT2D eigenvalue weighted by molar-refractivity contribution is -0.128. The zero-order chi connectivity index (χ0) is 17.6. The number of nitrogens with zero attached hydrogens (tertiary/aromatic N) is 1. The van der Waals surface area contributed by atoms with E-state index in [0.29, 0.717) is 42.0 Å². The van der Waals surface area contributed by atoms with Crippen molar-refractivity contribution in [3.63, 3.8) is 0 Å². The van der Waals surface area contributed by atoms with Gasteiger partial charge in [0.1, 0.15) is 11.5 Å². The minimum Gasteiger partial charge on any atom is -0.461 e. The predicted octanol–water partition coefficient (Wildman–Crippen LogP) is 0.857. The number of H-pyrrole nitrogens is 2. The van der Waals surface area contributed by atoms with Crippen molar-refractivity contribution in [3.8, 4) is 5.75 Å². The maximum Gasteiger partial charge on any atom is 0.325 e. The van der Waals surface area contributed by atoms with Crippen molar-refractivity contribution >= 4 is 5.91 Å². The monoisotopic (exact) mass is 339 g/mol. The van der Waals surface area contributed by atoms with Crippen molar-refractivity contribution in [2.24, 2.45) is 0 Å². The number of para-hydroxylation sites is 1. The molecule has 25 heavy (non-hydrogen) atoms. The van der Waals surface area contributed by atoms with Crippen molar-refractivity contribution in [1.29, 1.82) is 0 Å². The molecule has 2 aliphatic heterocycles. The highest BCUT2D eigenvalue weighted by atomic mass is 16.5. The van der Waals surface area contributed by atoms with Gasteiger partial charge in [0.05, 0.1) is 12.1 Å². The summed E-state index contributed by atoms with van der Waals surface area (Å²) in [4.78, 5) is 42.8. The lowest BCUT2D eigenvalue weighted by Gasteiger charge is -2.30. The van der Waals surface area contributed by atoms with Crippen LogP contribution in [0.4, 0.5) is 0 Å². The molecule has 7 nitrogen and oxygen atoms in total. The molecule has 0 radical (unpaired) electrons. The molecule has 2 aromatic rings. The third-order valence-electron chi connectivity index (χ3n) is 4.68. The maximum absolute atomic E-state index is 13.0. The summed E-state index contributed by atoms with van der Waals surface area (Å²) in [5.74, 6) is 1.24. The number of aromatic nitrogens is 2. The van der Waals surface area contributed by atoms with Crippen LogP contribution in [0.3, 0.4) is 0 Å². The lowest BCUT2D eigenvalue weighted by Crippen LogP contribution is -2.42. The Morgan fingerprint density at radius 3 is 2.84 bits per heavy atom. The molecule has 2 N–H and O–H groups in total. The highest BCUT2D eigenvalue weighted by Gasteiger charge is 2.29. The van der Waals surface area contributed by atoms with Crippen molar-refractivity contribution in [2.75, 3.05) is 6.54 Å². The van der Waals surface area contributed by atoms with Crippen LogP contribution >= 0.6 is 0 Å². The first kappa shape index (κ1) is 15.4. The second-order valence-electron chi connectivity index (χ2n) is 6.26. The van der Waals surface area contributed by atoms with Gasteiger partial charge in [0.15, 0.2) is 0 Å². The summed E-state index contributed by atoms with van der Waals surface area (Å²) in [7, 11) is 0. The maximum atomic E-state index is 13.0. The Bertz CT molecular complexity index is 1020. The first-order valence-electron chi connectivity index (χ1n) is 8.12. The number of amides is 1. The van der Waals surface area contributed by atoms with Crippen LogP contribution in [-0.4, -0.2) is 27.3 Å². The zero-order valence-electron chi connectivity index (χ0n) is 13.7. The number of carbonyl (C=O) groups is 1. The number of allylic oxidation sites excluding steroid dienone is 1. The Balaban J connectivity index is 1.62. The van der Waals surface area contributed by atoms with Crippen LogP contribution in [0.1, 0.15) is 23.7 Å². The van der Waals surface area contributed by atoms with E-state index >= 15 is 0 Å². The molecule has 0 saturated carbocycles. The molecule has 0 spiro atoms. The van der Waals surface area contributed by atoms with E-state index in [9.17, 15) is 14.4 Å². The van der Waals surface area contributed by atoms with E-state index in [1.165, 1.54) is 0 Å². The molecule has 0 bridgehead atoms. The molecule has 2 aliphatic rings. The fraction of sp³-hybridized carbons (Fsp3) is 0.278. The number of rotatable bonds is 1. The summed E-state index contributed by atoms with van der Waals surface area (Å²) < 4.78 is 5.78. The molecule has 3 heterocycles. The van der Waals surface area contributed by atoms with Crippen molar-refractivity contribution < 1.29 is 9.53 Å². The topological polar surface area (TPSA) is 95.3 Å². The van der Waals surface area contributed by atoms with Crippen LogP contribution in [0.15, 0.2) is 45.2 Å². The highest BCUT2D eigenvalue weighted by molar-refractivity contribution is 5.95. The van der Waals surface area contributed by atoms with Gasteiger partial charge < -0.3 is 14.6 Å². The second-order valence-corrected chi connectivity index (χ2v) is 6.26. The second kappa shape index (κ2) is 5.77. The first-order valence-corrected chi connectivity index (χ1v) is 8.12. The van der Waals surface area contributed by atoms with Crippen LogP contribution < -0.4 is 16.0 Å². The van der Waals surface area contributed by atoms with Gasteiger partial charge in [-0.15, -0.1) is 0 Å². The molecule has 0 fully saturated rings. The van der Waals surface area contributed by atoms with Crippen LogP contribution in [0.25, 0.3) is 0 Å². The predicted molar refractivity (Wildman–Crippen MR) is 90.3 cm³/mol. The molecule has 1 aromatic heterocycles. The molecule has 1 amide bonds. The molecule has 7 heteroatoms. The Kier molecular flexibility index (Phi) is 3.56. The molecule has 0 unspecified atom stereocenters. The minimum atomic E-state index is -0.552. The summed E-state index contributed by atoms with van der Waals surface area (Å²) in [6, 6.07) is 7.64. The lowest BCUT2D eigenvalue weighted by atomic mass is 9.98. The fourth-order valence-corrected chi connectivity index (χ4v) is 3.36. The van der Waals surface area contributed by atoms with Gasteiger partial charge in [-0.25, -0.2) is 4.79 Å². The third kappa shape index (κ3) is 2.67. The number of carbonyl (C=O) groups excluding carboxylic acids is 1. The quantitative estimate of drug-likeness (QED) is 0.805. The van der Waals surface area contributed by atoms with Gasteiger partial charge in [-0.05, 0) is 25.0 Å².